The molecule has 2 atom stereocenters. The highest BCUT2D eigenvalue weighted by atomic mass is 19.3. The molecule has 1 rings (SSSR count). The van der Waals surface area contributed by atoms with E-state index in [-0.39, 0.29) is 19.4 Å². The van der Waals surface area contributed by atoms with E-state index in [1.165, 1.54) is 0 Å². The lowest BCUT2D eigenvalue weighted by molar-refractivity contribution is 0.0458. The Kier molecular flexibility index (Phi) is 3.96. The second kappa shape index (κ2) is 4.76. The fraction of sp³-hybridized carbons (Fsp3) is 0.909. The number of hydrogen-bond donors (Lipinski definition) is 2. The van der Waals surface area contributed by atoms with Crippen molar-refractivity contribution < 1.29 is 23.4 Å². The van der Waals surface area contributed by atoms with E-state index in [2.05, 4.69) is 5.32 Å². The van der Waals surface area contributed by atoms with Crippen molar-refractivity contribution in [1.29, 1.82) is 0 Å². The lowest BCUT2D eigenvalue weighted by Gasteiger charge is -2.22. The molecular formula is C11H19F2NO3. The minimum atomic E-state index is -2.64. The fourth-order valence-corrected chi connectivity index (χ4v) is 1.52. The summed E-state index contributed by atoms with van der Waals surface area (Å²) in [6.07, 6.45) is -0.789. The Balaban J connectivity index is 2.34. The Bertz CT molecular complexity index is 289. The van der Waals surface area contributed by atoms with Gasteiger partial charge in [-0.05, 0) is 27.2 Å². The molecule has 2 unspecified atom stereocenters. The van der Waals surface area contributed by atoms with Crippen molar-refractivity contribution in [2.75, 3.05) is 6.61 Å². The third kappa shape index (κ3) is 4.85. The van der Waals surface area contributed by atoms with E-state index in [9.17, 15) is 13.6 Å². The molecule has 17 heavy (non-hydrogen) atoms. The molecule has 2 N–H and O–H groups in total. The van der Waals surface area contributed by atoms with Crippen molar-refractivity contribution in [3.8, 4) is 0 Å². The van der Waals surface area contributed by atoms with E-state index in [0.29, 0.717) is 0 Å². The van der Waals surface area contributed by atoms with E-state index < -0.39 is 29.6 Å². The molecule has 4 nitrogen and oxygen atoms in total. The molecule has 0 heterocycles. The van der Waals surface area contributed by atoms with Crippen molar-refractivity contribution in [3.05, 3.63) is 0 Å². The van der Waals surface area contributed by atoms with E-state index >= 15 is 0 Å². The minimum Gasteiger partial charge on any atom is -0.444 e. The lowest BCUT2D eigenvalue weighted by Crippen LogP contribution is -2.41. The predicted molar refractivity (Wildman–Crippen MR) is 57.9 cm³/mol. The summed E-state index contributed by atoms with van der Waals surface area (Å²) in [5.41, 5.74) is -0.645. The van der Waals surface area contributed by atoms with Gasteiger partial charge in [-0.2, -0.15) is 0 Å². The average molecular weight is 251 g/mol. The minimum absolute atomic E-state index is 0.0722. The number of hydrogen-bond acceptors (Lipinski definition) is 3. The first-order valence-corrected chi connectivity index (χ1v) is 5.62. The van der Waals surface area contributed by atoms with E-state index in [1.54, 1.807) is 20.8 Å². The second-order valence-electron chi connectivity index (χ2n) is 5.42. The van der Waals surface area contributed by atoms with Gasteiger partial charge in [0.1, 0.15) is 5.60 Å². The van der Waals surface area contributed by atoms with Gasteiger partial charge in [0, 0.05) is 12.3 Å². The quantitative estimate of drug-likeness (QED) is 0.802. The van der Waals surface area contributed by atoms with Crippen LogP contribution < -0.4 is 5.32 Å². The van der Waals surface area contributed by atoms with Gasteiger partial charge in [0.15, 0.2) is 0 Å². The number of amides is 1. The second-order valence-corrected chi connectivity index (χ2v) is 5.42. The summed E-state index contributed by atoms with van der Waals surface area (Å²) in [4.78, 5) is 11.4. The molecule has 0 radical (unpaired) electrons. The third-order valence-corrected chi connectivity index (χ3v) is 2.47. The maximum Gasteiger partial charge on any atom is 0.407 e. The van der Waals surface area contributed by atoms with E-state index in [4.69, 9.17) is 9.84 Å². The van der Waals surface area contributed by atoms with Crippen LogP contribution in [0.5, 0.6) is 0 Å². The van der Waals surface area contributed by atoms with Crippen LogP contribution in [0.15, 0.2) is 0 Å². The molecule has 0 aromatic heterocycles. The summed E-state index contributed by atoms with van der Waals surface area (Å²) < 4.78 is 30.3. The molecule has 1 fully saturated rings. The van der Waals surface area contributed by atoms with Gasteiger partial charge >= 0.3 is 6.09 Å². The normalized spacial score (nSPS) is 24.0. The van der Waals surface area contributed by atoms with Crippen molar-refractivity contribution in [2.45, 2.75) is 51.2 Å². The van der Waals surface area contributed by atoms with E-state index in [1.807, 2.05) is 0 Å². The SMILES string of the molecule is CC(C)(C)OC(=O)NC(CO)CC1CC1(F)F. The molecule has 1 amide bonds. The lowest BCUT2D eigenvalue weighted by atomic mass is 10.1. The highest BCUT2D eigenvalue weighted by molar-refractivity contribution is 5.68. The van der Waals surface area contributed by atoms with Crippen LogP contribution in [0.2, 0.25) is 0 Å². The maximum absolute atomic E-state index is 12.7. The number of carbonyl (C=O) groups is 1. The number of aliphatic hydroxyl groups excluding tert-OH is 1. The number of aliphatic hydroxyl groups is 1. The highest BCUT2D eigenvalue weighted by Crippen LogP contribution is 2.51. The first-order valence-electron chi connectivity index (χ1n) is 5.62. The summed E-state index contributed by atoms with van der Waals surface area (Å²) in [6.45, 7) is 4.74. The number of alkyl carbamates (subject to hydrolysis) is 1. The number of carbonyl (C=O) groups excluding carboxylic acids is 1. The van der Waals surface area contributed by atoms with Crippen LogP contribution >= 0.6 is 0 Å². The summed E-state index contributed by atoms with van der Waals surface area (Å²) >= 11 is 0. The Labute approximate surface area is 99.3 Å². The van der Waals surface area contributed by atoms with Gasteiger partial charge in [0.25, 0.3) is 5.92 Å². The smallest absolute Gasteiger partial charge is 0.407 e. The molecule has 1 aliphatic carbocycles. The largest absolute Gasteiger partial charge is 0.444 e. The Morgan fingerprint density at radius 2 is 2.12 bits per heavy atom. The molecule has 1 saturated carbocycles. The molecular weight excluding hydrogens is 232 g/mol. The average Bonchev–Trinajstić information content (AvgIpc) is 2.69. The fourth-order valence-electron chi connectivity index (χ4n) is 1.52. The summed E-state index contributed by atoms with van der Waals surface area (Å²) in [5, 5.41) is 11.4. The monoisotopic (exact) mass is 251 g/mol. The number of halogens is 2. The van der Waals surface area contributed by atoms with Gasteiger partial charge in [-0.3, -0.25) is 0 Å². The zero-order valence-corrected chi connectivity index (χ0v) is 10.3. The third-order valence-electron chi connectivity index (χ3n) is 2.47. The summed E-state index contributed by atoms with van der Waals surface area (Å²) in [5.74, 6) is -3.38. The van der Waals surface area contributed by atoms with Crippen molar-refractivity contribution in [1.82, 2.24) is 5.32 Å². The number of alkyl halides is 2. The van der Waals surface area contributed by atoms with Gasteiger partial charge in [-0.1, -0.05) is 0 Å². The topological polar surface area (TPSA) is 58.6 Å². The molecule has 0 aromatic carbocycles. The van der Waals surface area contributed by atoms with Crippen molar-refractivity contribution in [2.24, 2.45) is 5.92 Å². The molecule has 0 aliphatic heterocycles. The number of rotatable bonds is 4. The predicted octanol–water partition coefficient (Wildman–Crippen LogP) is 1.92. The Hall–Kier alpha value is -0.910. The van der Waals surface area contributed by atoms with Crippen LogP contribution in [0.4, 0.5) is 13.6 Å². The Morgan fingerprint density at radius 1 is 1.59 bits per heavy atom. The molecule has 100 valence electrons. The van der Waals surface area contributed by atoms with Crippen molar-refractivity contribution >= 4 is 6.09 Å². The summed E-state index contributed by atoms with van der Waals surface area (Å²) in [7, 11) is 0. The molecule has 0 bridgehead atoms. The van der Waals surface area contributed by atoms with Gasteiger partial charge in [-0.15, -0.1) is 0 Å². The van der Waals surface area contributed by atoms with Crippen LogP contribution in [0.1, 0.15) is 33.6 Å². The molecule has 1 aliphatic rings. The Morgan fingerprint density at radius 3 is 2.47 bits per heavy atom. The van der Waals surface area contributed by atoms with Gasteiger partial charge in [-0.25, -0.2) is 13.6 Å². The van der Waals surface area contributed by atoms with Crippen LogP contribution in [0.3, 0.4) is 0 Å². The van der Waals surface area contributed by atoms with Crippen LogP contribution in [-0.4, -0.2) is 35.4 Å². The van der Waals surface area contributed by atoms with Gasteiger partial charge in [0.2, 0.25) is 0 Å². The number of nitrogens with one attached hydrogen (secondary N) is 1. The van der Waals surface area contributed by atoms with Gasteiger partial charge in [0.05, 0.1) is 12.6 Å². The zero-order valence-electron chi connectivity index (χ0n) is 10.3. The molecule has 0 aromatic rings. The summed E-state index contributed by atoms with van der Waals surface area (Å²) in [6, 6.07) is -0.678. The standard InChI is InChI=1S/C11H19F2NO3/c1-10(2,3)17-9(16)14-8(6-15)4-7-5-11(7,12)13/h7-8,15H,4-6H2,1-3H3,(H,14,16). The van der Waals surface area contributed by atoms with Crippen LogP contribution in [-0.2, 0) is 4.74 Å². The first-order chi connectivity index (χ1) is 7.64. The van der Waals surface area contributed by atoms with E-state index in [0.717, 1.165) is 0 Å². The van der Waals surface area contributed by atoms with Crippen LogP contribution in [0, 0.1) is 5.92 Å². The highest BCUT2D eigenvalue weighted by Gasteiger charge is 2.57. The molecule has 0 saturated heterocycles. The van der Waals surface area contributed by atoms with Crippen LogP contribution in [0.25, 0.3) is 0 Å². The number of ether oxygens (including phenoxy) is 1. The first kappa shape index (κ1) is 14.2. The molecule has 6 heteroatoms. The maximum atomic E-state index is 12.7. The molecule has 0 spiro atoms. The van der Waals surface area contributed by atoms with Crippen molar-refractivity contribution in [3.63, 3.8) is 0 Å². The van der Waals surface area contributed by atoms with Gasteiger partial charge < -0.3 is 15.2 Å². The zero-order chi connectivity index (χ0) is 13.3.